The van der Waals surface area contributed by atoms with E-state index in [4.69, 9.17) is 31.2 Å². The fourth-order valence-corrected chi connectivity index (χ4v) is 1.32. The van der Waals surface area contributed by atoms with Gasteiger partial charge in [-0.2, -0.15) is 0 Å². The van der Waals surface area contributed by atoms with E-state index in [1.165, 1.54) is 11.8 Å². The van der Waals surface area contributed by atoms with Crippen LogP contribution in [0.5, 0.6) is 0 Å². The van der Waals surface area contributed by atoms with Gasteiger partial charge in [-0.1, -0.05) is 25.1 Å². The first-order valence-electron chi connectivity index (χ1n) is 6.25. The average Bonchev–Trinajstić information content (AvgIpc) is 2.39. The normalized spacial score (nSPS) is 10.6. The maximum absolute atomic E-state index is 5.36. The van der Waals surface area contributed by atoms with E-state index in [0.29, 0.717) is 44.0 Å². The van der Waals surface area contributed by atoms with Crippen LogP contribution < -0.4 is 0 Å². The Labute approximate surface area is 120 Å². The summed E-state index contributed by atoms with van der Waals surface area (Å²) in [6, 6.07) is 0. The van der Waals surface area contributed by atoms with Gasteiger partial charge in [-0.05, 0) is 24.9 Å². The Hall–Kier alpha value is 0.120. The number of thioether (sulfide) groups is 1. The van der Waals surface area contributed by atoms with Crippen LogP contribution in [0.1, 0.15) is 19.8 Å². The minimum absolute atomic E-state index is 0.500. The van der Waals surface area contributed by atoms with Crippen molar-refractivity contribution in [3.8, 4) is 0 Å². The van der Waals surface area contributed by atoms with Crippen LogP contribution in [0.25, 0.3) is 0 Å². The molecule has 0 spiro atoms. The summed E-state index contributed by atoms with van der Waals surface area (Å²) >= 11 is 6.30. The van der Waals surface area contributed by atoms with Crippen LogP contribution in [0.15, 0.2) is 0 Å². The maximum Gasteiger partial charge on any atom is 0.219 e. The first-order chi connectivity index (χ1) is 8.81. The van der Waals surface area contributed by atoms with Crippen molar-refractivity contribution in [1.82, 2.24) is 0 Å². The van der Waals surface area contributed by atoms with Crippen LogP contribution >= 0.6 is 24.0 Å². The minimum Gasteiger partial charge on any atom is -0.476 e. The van der Waals surface area contributed by atoms with Crippen LogP contribution in [-0.4, -0.2) is 56.9 Å². The highest BCUT2D eigenvalue weighted by molar-refractivity contribution is 8.22. The molecule has 0 saturated carbocycles. The van der Waals surface area contributed by atoms with Crippen molar-refractivity contribution in [2.75, 3.05) is 52.5 Å². The van der Waals surface area contributed by atoms with E-state index in [2.05, 4.69) is 6.92 Å². The Morgan fingerprint density at radius 2 is 1.39 bits per heavy atom. The van der Waals surface area contributed by atoms with Gasteiger partial charge < -0.3 is 18.9 Å². The summed E-state index contributed by atoms with van der Waals surface area (Å²) in [7, 11) is 0. The Morgan fingerprint density at radius 3 is 1.89 bits per heavy atom. The van der Waals surface area contributed by atoms with Gasteiger partial charge in [-0.25, -0.2) is 0 Å². The van der Waals surface area contributed by atoms with Crippen LogP contribution in [-0.2, 0) is 18.9 Å². The minimum atomic E-state index is 0.500. The lowest BCUT2D eigenvalue weighted by atomic mass is 10.4. The Balaban J connectivity index is 2.97. The van der Waals surface area contributed by atoms with Crippen molar-refractivity contribution < 1.29 is 18.9 Å². The number of hydrogen-bond acceptors (Lipinski definition) is 6. The van der Waals surface area contributed by atoms with Crippen molar-refractivity contribution in [3.63, 3.8) is 0 Å². The molecule has 0 aromatic rings. The quantitative estimate of drug-likeness (QED) is 0.407. The van der Waals surface area contributed by atoms with E-state index in [-0.39, 0.29) is 0 Å². The molecular weight excluding hydrogens is 272 g/mol. The van der Waals surface area contributed by atoms with E-state index in [9.17, 15) is 0 Å². The van der Waals surface area contributed by atoms with E-state index < -0.39 is 0 Å². The third kappa shape index (κ3) is 14.2. The van der Waals surface area contributed by atoms with Gasteiger partial charge in [-0.15, -0.1) is 0 Å². The number of ether oxygens (including phenoxy) is 4. The molecule has 0 amide bonds. The van der Waals surface area contributed by atoms with Gasteiger partial charge in [0.2, 0.25) is 4.38 Å². The summed E-state index contributed by atoms with van der Waals surface area (Å²) in [6.45, 7) is 6.45. The Morgan fingerprint density at radius 1 is 0.889 bits per heavy atom. The molecule has 0 unspecified atom stereocenters. The molecule has 0 heterocycles. The molecule has 0 aliphatic heterocycles. The van der Waals surface area contributed by atoms with Crippen molar-refractivity contribution >= 4 is 28.4 Å². The highest BCUT2D eigenvalue weighted by Crippen LogP contribution is 1.98. The molecule has 0 aliphatic carbocycles. The molecule has 0 aliphatic rings. The second kappa shape index (κ2) is 15.2. The predicted molar refractivity (Wildman–Crippen MR) is 79.4 cm³/mol. The molecule has 0 bridgehead atoms. The number of unbranched alkanes of at least 4 members (excludes halogenated alkanes) is 1. The molecule has 0 N–H and O–H groups in total. The molecule has 18 heavy (non-hydrogen) atoms. The summed E-state index contributed by atoms with van der Waals surface area (Å²) in [5.41, 5.74) is 0. The van der Waals surface area contributed by atoms with Gasteiger partial charge in [0, 0.05) is 6.61 Å². The monoisotopic (exact) mass is 296 g/mol. The van der Waals surface area contributed by atoms with Crippen LogP contribution in [0.2, 0.25) is 0 Å². The lowest BCUT2D eigenvalue weighted by Gasteiger charge is -2.07. The van der Waals surface area contributed by atoms with Crippen molar-refractivity contribution in [3.05, 3.63) is 0 Å². The molecule has 0 rings (SSSR count). The summed E-state index contributed by atoms with van der Waals surface area (Å²) in [5, 5.41) is 0. The van der Waals surface area contributed by atoms with Gasteiger partial charge in [0.05, 0.1) is 33.0 Å². The lowest BCUT2D eigenvalue weighted by molar-refractivity contribution is 0.00868. The van der Waals surface area contributed by atoms with Gasteiger partial charge in [-0.3, -0.25) is 0 Å². The van der Waals surface area contributed by atoms with E-state index in [0.717, 1.165) is 19.4 Å². The van der Waals surface area contributed by atoms with Crippen molar-refractivity contribution in [2.45, 2.75) is 19.8 Å². The smallest absolute Gasteiger partial charge is 0.219 e. The third-order valence-corrected chi connectivity index (χ3v) is 3.07. The average molecular weight is 296 g/mol. The van der Waals surface area contributed by atoms with Gasteiger partial charge in [0.15, 0.2) is 0 Å². The summed E-state index contributed by atoms with van der Waals surface area (Å²) in [4.78, 5) is 0. The standard InChI is InChI=1S/C12H24O4S2/c1-3-4-5-13-6-7-14-8-9-15-10-11-16-12(17)18-2/h3-11H2,1-2H3. The molecule has 0 atom stereocenters. The summed E-state index contributed by atoms with van der Waals surface area (Å²) in [6.07, 6.45) is 4.16. The van der Waals surface area contributed by atoms with E-state index in [1.54, 1.807) is 0 Å². The van der Waals surface area contributed by atoms with Crippen LogP contribution in [0.3, 0.4) is 0 Å². The van der Waals surface area contributed by atoms with E-state index in [1.807, 2.05) is 6.26 Å². The summed E-state index contributed by atoms with van der Waals surface area (Å²) in [5.74, 6) is 0. The van der Waals surface area contributed by atoms with Crippen molar-refractivity contribution in [2.24, 2.45) is 0 Å². The van der Waals surface area contributed by atoms with Gasteiger partial charge in [0.25, 0.3) is 0 Å². The summed E-state index contributed by atoms with van der Waals surface area (Å²) < 4.78 is 21.7. The zero-order chi connectivity index (χ0) is 13.5. The Bertz CT molecular complexity index is 191. The van der Waals surface area contributed by atoms with E-state index >= 15 is 0 Å². The third-order valence-electron chi connectivity index (χ3n) is 2.00. The number of thiocarbonyl (C=S) groups is 1. The number of hydrogen-bond donors (Lipinski definition) is 0. The zero-order valence-corrected chi connectivity index (χ0v) is 12.9. The lowest BCUT2D eigenvalue weighted by Crippen LogP contribution is -2.12. The largest absolute Gasteiger partial charge is 0.476 e. The van der Waals surface area contributed by atoms with Gasteiger partial charge >= 0.3 is 0 Å². The molecule has 0 aromatic heterocycles. The SMILES string of the molecule is CCCCOCCOCCOCCOC(=S)SC. The number of rotatable bonds is 12. The van der Waals surface area contributed by atoms with Crippen molar-refractivity contribution in [1.29, 1.82) is 0 Å². The maximum atomic E-state index is 5.36. The molecule has 0 saturated heterocycles. The molecular formula is C12H24O4S2. The Kier molecular flexibility index (Phi) is 15.3. The first-order valence-corrected chi connectivity index (χ1v) is 7.88. The second-order valence-corrected chi connectivity index (χ2v) is 4.90. The molecule has 108 valence electrons. The molecule has 0 radical (unpaired) electrons. The molecule has 6 heteroatoms. The first kappa shape index (κ1) is 18.1. The zero-order valence-electron chi connectivity index (χ0n) is 11.3. The highest BCUT2D eigenvalue weighted by Gasteiger charge is 1.94. The fourth-order valence-electron chi connectivity index (χ4n) is 1.03. The van der Waals surface area contributed by atoms with Crippen LogP contribution in [0.4, 0.5) is 0 Å². The molecule has 0 aromatic carbocycles. The molecule has 0 fully saturated rings. The topological polar surface area (TPSA) is 36.9 Å². The van der Waals surface area contributed by atoms with Crippen LogP contribution in [0, 0.1) is 0 Å². The highest BCUT2D eigenvalue weighted by atomic mass is 32.2. The fraction of sp³-hybridized carbons (Fsp3) is 0.917. The molecule has 4 nitrogen and oxygen atoms in total. The predicted octanol–water partition coefficient (Wildman–Crippen LogP) is 2.50. The van der Waals surface area contributed by atoms with Gasteiger partial charge in [0.1, 0.15) is 6.61 Å². The second-order valence-electron chi connectivity index (χ2n) is 3.49.